The van der Waals surface area contributed by atoms with Crippen LogP contribution in [0.1, 0.15) is 36.5 Å². The quantitative estimate of drug-likeness (QED) is 0.861. The minimum Gasteiger partial charge on any atom is -0.496 e. The smallest absolute Gasteiger partial charge is 0.328 e. The third kappa shape index (κ3) is 3.29. The number of carbonyl (C=O) groups is 2. The highest BCUT2D eigenvalue weighted by atomic mass is 16.5. The molecule has 0 radical (unpaired) electrons. The summed E-state index contributed by atoms with van der Waals surface area (Å²) in [6.45, 7) is 4.73. The fourth-order valence-electron chi connectivity index (χ4n) is 3.95. The molecule has 7 heteroatoms. The van der Waals surface area contributed by atoms with Gasteiger partial charge in [0, 0.05) is 25.9 Å². The average molecular weight is 362 g/mol. The lowest BCUT2D eigenvalue weighted by Gasteiger charge is -2.44. The van der Waals surface area contributed by atoms with E-state index in [1.54, 1.807) is 24.3 Å². The van der Waals surface area contributed by atoms with Gasteiger partial charge >= 0.3 is 5.97 Å². The van der Waals surface area contributed by atoms with Crippen LogP contribution in [-0.4, -0.2) is 71.9 Å². The Balaban J connectivity index is 1.91. The number of carboxylic acid groups (broad SMARTS) is 1. The standard InChI is InChI=1S/C19H26N2O5/c1-3-10-20-11-8-19(9-12-20)21(15(13-26-19)18(23)24)17(22)14-6-4-5-7-16(14)25-2/h4-7,15H,3,8-13H2,1-2H3,(H,23,24). The molecule has 1 amide bonds. The number of carbonyl (C=O) groups excluding carboxylic acids is 1. The number of rotatable bonds is 5. The summed E-state index contributed by atoms with van der Waals surface area (Å²) in [5.41, 5.74) is -0.493. The van der Waals surface area contributed by atoms with E-state index in [-0.39, 0.29) is 12.5 Å². The van der Waals surface area contributed by atoms with Crippen molar-refractivity contribution in [2.24, 2.45) is 0 Å². The van der Waals surface area contributed by atoms with E-state index in [9.17, 15) is 14.7 Å². The van der Waals surface area contributed by atoms with Gasteiger partial charge in [0.1, 0.15) is 11.5 Å². The largest absolute Gasteiger partial charge is 0.496 e. The van der Waals surface area contributed by atoms with Crippen LogP contribution < -0.4 is 4.74 Å². The molecular weight excluding hydrogens is 336 g/mol. The second-order valence-electron chi connectivity index (χ2n) is 6.83. The van der Waals surface area contributed by atoms with Gasteiger partial charge in [0.25, 0.3) is 5.91 Å². The Kier molecular flexibility index (Phi) is 5.48. The van der Waals surface area contributed by atoms with Crippen LogP contribution in [0.15, 0.2) is 24.3 Å². The number of benzene rings is 1. The van der Waals surface area contributed by atoms with Crippen molar-refractivity contribution in [1.29, 1.82) is 0 Å². The molecule has 1 aromatic carbocycles. The lowest BCUT2D eigenvalue weighted by atomic mass is 9.96. The van der Waals surface area contributed by atoms with Gasteiger partial charge in [0.05, 0.1) is 19.3 Å². The molecule has 2 aliphatic rings. The molecule has 142 valence electrons. The van der Waals surface area contributed by atoms with Crippen LogP contribution in [0.5, 0.6) is 5.75 Å². The van der Waals surface area contributed by atoms with E-state index >= 15 is 0 Å². The van der Waals surface area contributed by atoms with E-state index in [0.29, 0.717) is 24.2 Å². The van der Waals surface area contributed by atoms with Crippen molar-refractivity contribution < 1.29 is 24.2 Å². The minimum absolute atomic E-state index is 0.0179. The first-order valence-electron chi connectivity index (χ1n) is 9.08. The molecule has 0 bridgehead atoms. The van der Waals surface area contributed by atoms with E-state index in [1.807, 2.05) is 0 Å². The topological polar surface area (TPSA) is 79.3 Å². The number of para-hydroxylation sites is 1. The Morgan fingerprint density at radius 1 is 1.31 bits per heavy atom. The van der Waals surface area contributed by atoms with E-state index < -0.39 is 17.7 Å². The van der Waals surface area contributed by atoms with Crippen LogP contribution in [0.4, 0.5) is 0 Å². The normalized spacial score (nSPS) is 22.5. The fraction of sp³-hybridized carbons (Fsp3) is 0.579. The van der Waals surface area contributed by atoms with Crippen LogP contribution in [0.25, 0.3) is 0 Å². The maximum Gasteiger partial charge on any atom is 0.328 e. The second kappa shape index (κ2) is 7.63. The van der Waals surface area contributed by atoms with Crippen molar-refractivity contribution in [3.63, 3.8) is 0 Å². The molecule has 2 saturated heterocycles. The summed E-state index contributed by atoms with van der Waals surface area (Å²) >= 11 is 0. The number of likely N-dealkylation sites (tertiary alicyclic amines) is 1. The molecule has 0 aliphatic carbocycles. The number of carboxylic acids is 1. The molecule has 7 nitrogen and oxygen atoms in total. The summed E-state index contributed by atoms with van der Waals surface area (Å²) in [4.78, 5) is 28.9. The van der Waals surface area contributed by atoms with Gasteiger partial charge in [0.2, 0.25) is 0 Å². The van der Waals surface area contributed by atoms with Gasteiger partial charge in [-0.1, -0.05) is 19.1 Å². The van der Waals surface area contributed by atoms with Gasteiger partial charge in [-0.3, -0.25) is 9.69 Å². The summed E-state index contributed by atoms with van der Waals surface area (Å²) in [7, 11) is 1.50. The summed E-state index contributed by atoms with van der Waals surface area (Å²) in [5, 5.41) is 9.64. The van der Waals surface area contributed by atoms with E-state index in [4.69, 9.17) is 9.47 Å². The number of nitrogens with zero attached hydrogens (tertiary/aromatic N) is 2. The lowest BCUT2D eigenvalue weighted by Crippen LogP contribution is -2.58. The number of piperidine rings is 1. The highest BCUT2D eigenvalue weighted by Crippen LogP contribution is 2.39. The Morgan fingerprint density at radius 3 is 2.62 bits per heavy atom. The van der Waals surface area contributed by atoms with Gasteiger partial charge in [0.15, 0.2) is 6.04 Å². The van der Waals surface area contributed by atoms with E-state index in [0.717, 1.165) is 26.1 Å². The molecule has 1 atom stereocenters. The first kappa shape index (κ1) is 18.7. The zero-order valence-electron chi connectivity index (χ0n) is 15.3. The van der Waals surface area contributed by atoms with Crippen molar-refractivity contribution in [3.05, 3.63) is 29.8 Å². The molecule has 1 unspecified atom stereocenters. The third-order valence-corrected chi connectivity index (χ3v) is 5.28. The maximum atomic E-state index is 13.3. The molecule has 2 heterocycles. The molecule has 26 heavy (non-hydrogen) atoms. The maximum absolute atomic E-state index is 13.3. The SMILES string of the molecule is CCCN1CCC2(CC1)OCC(C(=O)O)N2C(=O)c1ccccc1OC. The third-order valence-electron chi connectivity index (χ3n) is 5.28. The molecule has 1 spiro atoms. The Morgan fingerprint density at radius 2 is 2.00 bits per heavy atom. The highest BCUT2D eigenvalue weighted by Gasteiger charge is 2.54. The first-order chi connectivity index (χ1) is 12.5. The Bertz CT molecular complexity index is 670. The monoisotopic (exact) mass is 362 g/mol. The van der Waals surface area contributed by atoms with E-state index in [1.165, 1.54) is 12.0 Å². The predicted octanol–water partition coefficient (Wildman–Crippen LogP) is 1.82. The number of methoxy groups -OCH3 is 1. The summed E-state index contributed by atoms with van der Waals surface area (Å²) in [5.74, 6) is -0.954. The summed E-state index contributed by atoms with van der Waals surface area (Å²) in [6.07, 6.45) is 2.28. The molecule has 3 rings (SSSR count). The van der Waals surface area contributed by atoms with Crippen LogP contribution in [0.2, 0.25) is 0 Å². The average Bonchev–Trinajstić information content (AvgIpc) is 3.02. The van der Waals surface area contributed by atoms with E-state index in [2.05, 4.69) is 11.8 Å². The number of amides is 1. The van der Waals surface area contributed by atoms with Gasteiger partial charge in [-0.05, 0) is 25.1 Å². The first-order valence-corrected chi connectivity index (χ1v) is 9.08. The second-order valence-corrected chi connectivity index (χ2v) is 6.83. The lowest BCUT2D eigenvalue weighted by molar-refractivity contribution is -0.143. The molecule has 0 aromatic heterocycles. The number of aliphatic carboxylic acids is 1. The van der Waals surface area contributed by atoms with Crippen molar-refractivity contribution in [2.45, 2.75) is 38.0 Å². The van der Waals surface area contributed by atoms with Gasteiger partial charge < -0.3 is 19.5 Å². The molecule has 1 aromatic rings. The Hall–Kier alpha value is -2.12. The van der Waals surface area contributed by atoms with Crippen LogP contribution >= 0.6 is 0 Å². The van der Waals surface area contributed by atoms with Crippen molar-refractivity contribution in [2.75, 3.05) is 33.4 Å². The molecule has 1 N–H and O–H groups in total. The molecule has 0 saturated carbocycles. The molecule has 2 fully saturated rings. The van der Waals surface area contributed by atoms with Crippen molar-refractivity contribution in [3.8, 4) is 5.75 Å². The van der Waals surface area contributed by atoms with Crippen molar-refractivity contribution >= 4 is 11.9 Å². The van der Waals surface area contributed by atoms with Gasteiger partial charge in [-0.15, -0.1) is 0 Å². The summed E-state index contributed by atoms with van der Waals surface area (Å²) < 4.78 is 11.3. The van der Waals surface area contributed by atoms with Crippen molar-refractivity contribution in [1.82, 2.24) is 9.80 Å². The van der Waals surface area contributed by atoms with Crippen LogP contribution in [0.3, 0.4) is 0 Å². The minimum atomic E-state index is -1.04. The molecule has 2 aliphatic heterocycles. The number of hydrogen-bond acceptors (Lipinski definition) is 5. The Labute approximate surface area is 153 Å². The van der Waals surface area contributed by atoms with Crippen LogP contribution in [0, 0.1) is 0 Å². The highest BCUT2D eigenvalue weighted by molar-refractivity contribution is 5.99. The fourth-order valence-corrected chi connectivity index (χ4v) is 3.95. The zero-order valence-corrected chi connectivity index (χ0v) is 15.3. The number of ether oxygens (including phenoxy) is 2. The predicted molar refractivity (Wildman–Crippen MR) is 95.2 cm³/mol. The molecular formula is C19H26N2O5. The summed E-state index contributed by atoms with van der Waals surface area (Å²) in [6, 6.07) is 5.92. The van der Waals surface area contributed by atoms with Crippen LogP contribution in [-0.2, 0) is 9.53 Å². The van der Waals surface area contributed by atoms with Gasteiger partial charge in [-0.25, -0.2) is 4.79 Å². The number of hydrogen-bond donors (Lipinski definition) is 1. The van der Waals surface area contributed by atoms with Gasteiger partial charge in [-0.2, -0.15) is 0 Å². The zero-order chi connectivity index (χ0) is 18.7.